The molecule has 0 aliphatic carbocycles. The Bertz CT molecular complexity index is 759. The van der Waals surface area contributed by atoms with Crippen molar-refractivity contribution in [2.45, 2.75) is 25.4 Å². The Morgan fingerprint density at radius 3 is 2.92 bits per heavy atom. The Kier molecular flexibility index (Phi) is 4.76. The first kappa shape index (κ1) is 17.4. The minimum Gasteiger partial charge on any atom is -0.386 e. The lowest BCUT2D eigenvalue weighted by molar-refractivity contribution is -0.000378. The number of hydrogen-bond donors (Lipinski definition) is 1. The summed E-state index contributed by atoms with van der Waals surface area (Å²) >= 11 is 0. The summed E-state index contributed by atoms with van der Waals surface area (Å²) in [5.74, 6) is 0.734. The van der Waals surface area contributed by atoms with Crippen LogP contribution in [-0.2, 0) is 7.05 Å². The van der Waals surface area contributed by atoms with Crippen molar-refractivity contribution < 1.29 is 9.90 Å². The number of rotatable bonds is 4. The van der Waals surface area contributed by atoms with E-state index in [-0.39, 0.29) is 12.5 Å². The van der Waals surface area contributed by atoms with Crippen molar-refractivity contribution in [1.82, 2.24) is 19.4 Å². The molecule has 2 aromatic rings. The predicted molar refractivity (Wildman–Crippen MR) is 95.5 cm³/mol. The van der Waals surface area contributed by atoms with Crippen LogP contribution in [0, 0.1) is 6.92 Å². The van der Waals surface area contributed by atoms with Crippen molar-refractivity contribution in [2.24, 2.45) is 7.05 Å². The molecule has 1 saturated heterocycles. The molecule has 25 heavy (non-hydrogen) atoms. The number of carbonyl (C=O) groups excluding carboxylic acids is 1. The minimum atomic E-state index is -0.952. The van der Waals surface area contributed by atoms with Gasteiger partial charge in [-0.1, -0.05) is 0 Å². The molecule has 0 spiro atoms. The van der Waals surface area contributed by atoms with Gasteiger partial charge in [-0.05, 0) is 31.9 Å². The van der Waals surface area contributed by atoms with Gasteiger partial charge in [0.2, 0.25) is 0 Å². The van der Waals surface area contributed by atoms with Crippen LogP contribution >= 0.6 is 0 Å². The summed E-state index contributed by atoms with van der Waals surface area (Å²) < 4.78 is 1.79. The number of hydrogen-bond acceptors (Lipinski definition) is 5. The van der Waals surface area contributed by atoms with E-state index in [0.717, 1.165) is 24.5 Å². The first-order valence-electron chi connectivity index (χ1n) is 8.51. The molecule has 1 aliphatic rings. The van der Waals surface area contributed by atoms with Crippen LogP contribution in [0.25, 0.3) is 0 Å². The third-order valence-corrected chi connectivity index (χ3v) is 4.71. The normalized spacial score (nSPS) is 20.6. The molecule has 1 fully saturated rings. The fourth-order valence-electron chi connectivity index (χ4n) is 3.44. The Morgan fingerprint density at radius 1 is 1.44 bits per heavy atom. The average Bonchev–Trinajstić information content (AvgIpc) is 2.99. The molecule has 7 nitrogen and oxygen atoms in total. The number of nitrogens with zero attached hydrogens (tertiary/aromatic N) is 5. The predicted octanol–water partition coefficient (Wildman–Crippen LogP) is 1.23. The quantitative estimate of drug-likeness (QED) is 0.904. The number of carbonyl (C=O) groups is 1. The zero-order valence-electron chi connectivity index (χ0n) is 15.0. The van der Waals surface area contributed by atoms with Gasteiger partial charge in [-0.25, -0.2) is 9.97 Å². The molecule has 1 N–H and O–H groups in total. The molecule has 3 heterocycles. The van der Waals surface area contributed by atoms with E-state index in [1.165, 1.54) is 0 Å². The lowest BCUT2D eigenvalue weighted by atomic mass is 9.92. The zero-order chi connectivity index (χ0) is 18.0. The van der Waals surface area contributed by atoms with Crippen LogP contribution in [0.5, 0.6) is 0 Å². The Hall–Kier alpha value is -2.41. The van der Waals surface area contributed by atoms with Gasteiger partial charge in [0, 0.05) is 45.1 Å². The highest BCUT2D eigenvalue weighted by Gasteiger charge is 2.36. The standard InChI is InChI=1S/C18H25N5O2/c1-14-10-16(20-13-19-14)23-9-5-7-18(25,12-23)11-22(3)17(24)15-6-4-8-21(15)2/h4,6,8,10,13,25H,5,7,9,11-12H2,1-3H3/t18-/m0/s1. The van der Waals surface area contributed by atoms with E-state index in [4.69, 9.17) is 0 Å². The van der Waals surface area contributed by atoms with Crippen LogP contribution in [0.1, 0.15) is 29.0 Å². The number of aryl methyl sites for hydroxylation is 2. The first-order chi connectivity index (χ1) is 11.9. The van der Waals surface area contributed by atoms with E-state index < -0.39 is 5.60 Å². The van der Waals surface area contributed by atoms with Gasteiger partial charge in [0.15, 0.2) is 0 Å². The van der Waals surface area contributed by atoms with Gasteiger partial charge in [0.1, 0.15) is 17.8 Å². The van der Waals surface area contributed by atoms with Gasteiger partial charge >= 0.3 is 0 Å². The monoisotopic (exact) mass is 343 g/mol. The number of amides is 1. The molecule has 2 aromatic heterocycles. The van der Waals surface area contributed by atoms with Crippen molar-refractivity contribution >= 4 is 11.7 Å². The van der Waals surface area contributed by atoms with Gasteiger partial charge in [0.25, 0.3) is 5.91 Å². The molecule has 0 aromatic carbocycles. The largest absolute Gasteiger partial charge is 0.386 e. The highest BCUT2D eigenvalue weighted by Crippen LogP contribution is 2.26. The van der Waals surface area contributed by atoms with Crippen LogP contribution in [0.15, 0.2) is 30.7 Å². The van der Waals surface area contributed by atoms with Crippen LogP contribution in [-0.4, -0.2) is 62.7 Å². The van der Waals surface area contributed by atoms with E-state index in [1.54, 1.807) is 28.9 Å². The molecule has 1 atom stereocenters. The van der Waals surface area contributed by atoms with Gasteiger partial charge in [-0.3, -0.25) is 4.79 Å². The lowest BCUT2D eigenvalue weighted by Gasteiger charge is -2.41. The second-order valence-electron chi connectivity index (χ2n) is 6.93. The molecule has 0 bridgehead atoms. The Labute approximate surface area is 147 Å². The molecule has 1 amide bonds. The maximum absolute atomic E-state index is 12.6. The van der Waals surface area contributed by atoms with E-state index in [1.807, 2.05) is 32.3 Å². The third kappa shape index (κ3) is 3.82. The van der Waals surface area contributed by atoms with Crippen molar-refractivity contribution in [1.29, 1.82) is 0 Å². The average molecular weight is 343 g/mol. The second kappa shape index (κ2) is 6.84. The lowest BCUT2D eigenvalue weighted by Crippen LogP contribution is -2.55. The van der Waals surface area contributed by atoms with Crippen molar-refractivity contribution in [3.63, 3.8) is 0 Å². The van der Waals surface area contributed by atoms with E-state index in [2.05, 4.69) is 14.9 Å². The number of aromatic nitrogens is 3. The van der Waals surface area contributed by atoms with Gasteiger partial charge < -0.3 is 19.5 Å². The maximum atomic E-state index is 12.6. The summed E-state index contributed by atoms with van der Waals surface area (Å²) in [6.07, 6.45) is 4.91. The molecular weight excluding hydrogens is 318 g/mol. The van der Waals surface area contributed by atoms with Crippen LogP contribution < -0.4 is 4.90 Å². The number of piperidine rings is 1. The van der Waals surface area contributed by atoms with Crippen LogP contribution in [0.2, 0.25) is 0 Å². The van der Waals surface area contributed by atoms with E-state index in [9.17, 15) is 9.90 Å². The second-order valence-corrected chi connectivity index (χ2v) is 6.93. The molecule has 134 valence electrons. The molecule has 1 aliphatic heterocycles. The van der Waals surface area contributed by atoms with Crippen molar-refractivity contribution in [3.8, 4) is 0 Å². The van der Waals surface area contributed by atoms with Crippen molar-refractivity contribution in [2.75, 3.05) is 31.6 Å². The topological polar surface area (TPSA) is 74.5 Å². The highest BCUT2D eigenvalue weighted by molar-refractivity contribution is 5.92. The summed E-state index contributed by atoms with van der Waals surface area (Å²) in [5, 5.41) is 11.1. The Balaban J connectivity index is 1.70. The zero-order valence-corrected chi connectivity index (χ0v) is 15.0. The summed E-state index contributed by atoms with van der Waals surface area (Å²) in [6.45, 7) is 3.51. The highest BCUT2D eigenvalue weighted by atomic mass is 16.3. The first-order valence-corrected chi connectivity index (χ1v) is 8.51. The van der Waals surface area contributed by atoms with E-state index in [0.29, 0.717) is 18.7 Å². The molecule has 0 unspecified atom stereocenters. The van der Waals surface area contributed by atoms with Crippen molar-refractivity contribution in [3.05, 3.63) is 42.1 Å². The molecule has 7 heteroatoms. The number of anilines is 1. The van der Waals surface area contributed by atoms with Gasteiger partial charge in [-0.15, -0.1) is 0 Å². The van der Waals surface area contributed by atoms with Crippen LogP contribution in [0.4, 0.5) is 5.82 Å². The number of aliphatic hydroxyl groups is 1. The molecule has 0 radical (unpaired) electrons. The number of likely N-dealkylation sites (N-methyl/N-ethyl adjacent to an activating group) is 1. The summed E-state index contributed by atoms with van der Waals surface area (Å²) in [5.41, 5.74) is 0.562. The summed E-state index contributed by atoms with van der Waals surface area (Å²) in [4.78, 5) is 24.7. The number of β-amino-alcohol motifs (C(OH)–C–C–N with tert-alkyl or cyclic N) is 1. The fraction of sp³-hybridized carbons (Fsp3) is 0.500. The third-order valence-electron chi connectivity index (χ3n) is 4.71. The maximum Gasteiger partial charge on any atom is 0.270 e. The van der Waals surface area contributed by atoms with Crippen LogP contribution in [0.3, 0.4) is 0 Å². The molecule has 0 saturated carbocycles. The SMILES string of the molecule is Cc1cc(N2CCC[C@](O)(CN(C)C(=O)c3cccn3C)C2)ncn1. The summed E-state index contributed by atoms with van der Waals surface area (Å²) in [6, 6.07) is 5.56. The minimum absolute atomic E-state index is 0.0871. The molecule has 3 rings (SSSR count). The molecular formula is C18H25N5O2. The van der Waals surface area contributed by atoms with E-state index >= 15 is 0 Å². The smallest absolute Gasteiger partial charge is 0.270 e. The fourth-order valence-corrected chi connectivity index (χ4v) is 3.44. The van der Waals surface area contributed by atoms with Gasteiger partial charge in [0.05, 0.1) is 12.1 Å². The Morgan fingerprint density at radius 2 is 2.24 bits per heavy atom. The summed E-state index contributed by atoms with van der Waals surface area (Å²) in [7, 11) is 3.58. The van der Waals surface area contributed by atoms with Gasteiger partial charge in [-0.2, -0.15) is 0 Å².